The van der Waals surface area contributed by atoms with Crippen molar-refractivity contribution in [2.24, 2.45) is 0 Å². The molecule has 2 aromatic carbocycles. The van der Waals surface area contributed by atoms with Gasteiger partial charge in [0.1, 0.15) is 24.2 Å². The number of carbonyl (C=O) groups excluding carboxylic acids is 1. The van der Waals surface area contributed by atoms with Crippen molar-refractivity contribution in [3.63, 3.8) is 0 Å². The Hall–Kier alpha value is -2.04. The number of carbonyl (C=O) groups is 1. The summed E-state index contributed by atoms with van der Waals surface area (Å²) in [4.78, 5) is 11.0. The van der Waals surface area contributed by atoms with Crippen LogP contribution in [0.5, 0.6) is 11.5 Å². The fourth-order valence-electron chi connectivity index (χ4n) is 1.88. The summed E-state index contributed by atoms with van der Waals surface area (Å²) < 4.78 is 10.6. The molecule has 5 heteroatoms. The molecule has 1 atom stereocenters. The molecule has 110 valence electrons. The zero-order valence-electron chi connectivity index (χ0n) is 11.5. The summed E-state index contributed by atoms with van der Waals surface area (Å²) in [5.74, 6) is 0.925. The standard InChI is InChI=1S/C16H15ClO4/c1-20-13-6-2-4-11(8-13)15(19)10-21-16-12(9-18)5-3-7-14(16)17/h2-9,15,19H,10H2,1H3. The minimum absolute atomic E-state index is 0.0161. The van der Waals surface area contributed by atoms with Crippen molar-refractivity contribution in [2.45, 2.75) is 6.10 Å². The average molecular weight is 307 g/mol. The van der Waals surface area contributed by atoms with Crippen LogP contribution in [0.25, 0.3) is 0 Å². The van der Waals surface area contributed by atoms with Crippen LogP contribution in [-0.4, -0.2) is 25.1 Å². The summed E-state index contributed by atoms with van der Waals surface area (Å²) in [7, 11) is 1.56. The number of rotatable bonds is 6. The van der Waals surface area contributed by atoms with Crippen LogP contribution in [0.3, 0.4) is 0 Å². The van der Waals surface area contributed by atoms with Gasteiger partial charge in [0, 0.05) is 0 Å². The lowest BCUT2D eigenvalue weighted by atomic mass is 10.1. The van der Waals surface area contributed by atoms with E-state index in [9.17, 15) is 9.90 Å². The molecule has 21 heavy (non-hydrogen) atoms. The predicted molar refractivity (Wildman–Crippen MR) is 80.3 cm³/mol. The van der Waals surface area contributed by atoms with Gasteiger partial charge in [0.2, 0.25) is 0 Å². The van der Waals surface area contributed by atoms with Crippen LogP contribution in [0.2, 0.25) is 5.02 Å². The molecule has 0 amide bonds. The molecular formula is C16H15ClO4. The van der Waals surface area contributed by atoms with Gasteiger partial charge in [-0.15, -0.1) is 0 Å². The van der Waals surface area contributed by atoms with Gasteiger partial charge in [-0.3, -0.25) is 4.79 Å². The second kappa shape index (κ2) is 7.11. The first kappa shape index (κ1) is 15.4. The van der Waals surface area contributed by atoms with Crippen LogP contribution in [0, 0.1) is 0 Å². The maximum atomic E-state index is 11.0. The van der Waals surface area contributed by atoms with E-state index in [0.717, 1.165) is 0 Å². The third kappa shape index (κ3) is 3.74. The number of aliphatic hydroxyl groups excluding tert-OH is 1. The Labute approximate surface area is 127 Å². The van der Waals surface area contributed by atoms with E-state index < -0.39 is 6.10 Å². The highest BCUT2D eigenvalue weighted by atomic mass is 35.5. The van der Waals surface area contributed by atoms with Crippen molar-refractivity contribution < 1.29 is 19.4 Å². The molecule has 1 N–H and O–H groups in total. The van der Waals surface area contributed by atoms with Gasteiger partial charge in [0.25, 0.3) is 0 Å². The second-order valence-electron chi connectivity index (χ2n) is 4.38. The number of halogens is 1. The Kier molecular flexibility index (Phi) is 5.20. The summed E-state index contributed by atoms with van der Waals surface area (Å²) >= 11 is 6.00. The van der Waals surface area contributed by atoms with Crippen molar-refractivity contribution in [2.75, 3.05) is 13.7 Å². The van der Waals surface area contributed by atoms with Gasteiger partial charge in [0.05, 0.1) is 17.7 Å². The molecule has 0 fully saturated rings. The first-order chi connectivity index (χ1) is 10.2. The molecule has 0 radical (unpaired) electrons. The zero-order valence-corrected chi connectivity index (χ0v) is 12.2. The quantitative estimate of drug-likeness (QED) is 0.832. The zero-order chi connectivity index (χ0) is 15.2. The van der Waals surface area contributed by atoms with Gasteiger partial charge in [-0.1, -0.05) is 29.8 Å². The second-order valence-corrected chi connectivity index (χ2v) is 4.79. The smallest absolute Gasteiger partial charge is 0.153 e. The number of ether oxygens (including phenoxy) is 2. The lowest BCUT2D eigenvalue weighted by molar-refractivity contribution is 0.104. The SMILES string of the molecule is COc1cccc(C(O)COc2c(Cl)cccc2C=O)c1. The molecular weight excluding hydrogens is 292 g/mol. The topological polar surface area (TPSA) is 55.8 Å². The monoisotopic (exact) mass is 306 g/mol. The van der Waals surface area contributed by atoms with Crippen molar-refractivity contribution in [3.8, 4) is 11.5 Å². The van der Waals surface area contributed by atoms with E-state index >= 15 is 0 Å². The van der Waals surface area contributed by atoms with Gasteiger partial charge >= 0.3 is 0 Å². The van der Waals surface area contributed by atoms with Crippen LogP contribution < -0.4 is 9.47 Å². The van der Waals surface area contributed by atoms with E-state index in [4.69, 9.17) is 21.1 Å². The predicted octanol–water partition coefficient (Wildman–Crippen LogP) is 3.27. The van der Waals surface area contributed by atoms with Gasteiger partial charge in [-0.25, -0.2) is 0 Å². The van der Waals surface area contributed by atoms with Gasteiger partial charge < -0.3 is 14.6 Å². The van der Waals surface area contributed by atoms with Gasteiger partial charge in [-0.05, 0) is 29.8 Å². The van der Waals surface area contributed by atoms with Crippen molar-refractivity contribution in [1.82, 2.24) is 0 Å². The summed E-state index contributed by atoms with van der Waals surface area (Å²) in [6.45, 7) is -0.0161. The summed E-state index contributed by atoms with van der Waals surface area (Å²) in [6, 6.07) is 12.0. The Morgan fingerprint density at radius 2 is 2.05 bits per heavy atom. The third-order valence-corrected chi connectivity index (χ3v) is 3.29. The molecule has 0 spiro atoms. The Morgan fingerprint density at radius 1 is 1.29 bits per heavy atom. The molecule has 0 saturated heterocycles. The average Bonchev–Trinajstić information content (AvgIpc) is 2.53. The minimum atomic E-state index is -0.851. The number of benzene rings is 2. The van der Waals surface area contributed by atoms with Crippen LogP contribution in [0.15, 0.2) is 42.5 Å². The van der Waals surface area contributed by atoms with E-state index in [1.807, 2.05) is 0 Å². The molecule has 2 rings (SSSR count). The Bertz CT molecular complexity index is 627. The molecule has 0 saturated carbocycles. The fraction of sp³-hybridized carbons (Fsp3) is 0.188. The Morgan fingerprint density at radius 3 is 2.76 bits per heavy atom. The number of hydrogen-bond donors (Lipinski definition) is 1. The van der Waals surface area contributed by atoms with E-state index in [1.165, 1.54) is 0 Å². The molecule has 0 aromatic heterocycles. The molecule has 0 aliphatic heterocycles. The van der Waals surface area contributed by atoms with Crippen molar-refractivity contribution in [3.05, 3.63) is 58.6 Å². The first-order valence-corrected chi connectivity index (χ1v) is 6.72. The lowest BCUT2D eigenvalue weighted by Crippen LogP contribution is -2.11. The fourth-order valence-corrected chi connectivity index (χ4v) is 2.11. The number of methoxy groups -OCH3 is 1. The molecule has 1 unspecified atom stereocenters. The normalized spacial score (nSPS) is 11.8. The largest absolute Gasteiger partial charge is 0.497 e. The maximum Gasteiger partial charge on any atom is 0.153 e. The van der Waals surface area contributed by atoms with Crippen LogP contribution in [-0.2, 0) is 0 Å². The summed E-state index contributed by atoms with van der Waals surface area (Å²) in [5, 5.41) is 10.5. The third-order valence-electron chi connectivity index (χ3n) is 2.99. The maximum absolute atomic E-state index is 11.0. The van der Waals surface area contributed by atoms with Crippen LogP contribution in [0.1, 0.15) is 22.0 Å². The van der Waals surface area contributed by atoms with Crippen LogP contribution in [0.4, 0.5) is 0 Å². The molecule has 0 bridgehead atoms. The molecule has 0 heterocycles. The van der Waals surface area contributed by atoms with Gasteiger partial charge in [-0.2, -0.15) is 0 Å². The van der Waals surface area contributed by atoms with E-state index in [0.29, 0.717) is 28.2 Å². The molecule has 0 aliphatic carbocycles. The number of hydrogen-bond acceptors (Lipinski definition) is 4. The van der Waals surface area contributed by atoms with E-state index in [-0.39, 0.29) is 12.4 Å². The molecule has 4 nitrogen and oxygen atoms in total. The Balaban J connectivity index is 2.10. The lowest BCUT2D eigenvalue weighted by Gasteiger charge is -2.15. The molecule has 2 aromatic rings. The highest BCUT2D eigenvalue weighted by Crippen LogP contribution is 2.29. The molecule has 0 aliphatic rings. The van der Waals surface area contributed by atoms with Crippen molar-refractivity contribution >= 4 is 17.9 Å². The van der Waals surface area contributed by atoms with E-state index in [2.05, 4.69) is 0 Å². The van der Waals surface area contributed by atoms with Crippen molar-refractivity contribution in [1.29, 1.82) is 0 Å². The first-order valence-electron chi connectivity index (χ1n) is 6.34. The van der Waals surface area contributed by atoms with Gasteiger partial charge in [0.15, 0.2) is 6.29 Å². The van der Waals surface area contributed by atoms with Crippen LogP contribution >= 0.6 is 11.6 Å². The summed E-state index contributed by atoms with van der Waals surface area (Å²) in [6.07, 6.45) is -0.185. The number of para-hydroxylation sites is 1. The summed E-state index contributed by atoms with van der Waals surface area (Å²) in [5.41, 5.74) is 1.01. The highest BCUT2D eigenvalue weighted by Gasteiger charge is 2.13. The number of aliphatic hydroxyl groups is 1. The van der Waals surface area contributed by atoms with E-state index in [1.54, 1.807) is 49.6 Å². The highest BCUT2D eigenvalue weighted by molar-refractivity contribution is 6.32. The minimum Gasteiger partial charge on any atom is -0.497 e. The number of aldehydes is 1.